The number of thiophene rings is 1. The van der Waals surface area contributed by atoms with Crippen molar-refractivity contribution in [3.05, 3.63) is 121 Å². The lowest BCUT2D eigenvalue weighted by Gasteiger charge is -2.20. The second kappa shape index (κ2) is 8.63. The summed E-state index contributed by atoms with van der Waals surface area (Å²) >= 11 is 1.84. The minimum Gasteiger partial charge on any atom is -0.345 e. The number of hydrogen-bond donors (Lipinski definition) is 0. The Morgan fingerprint density at radius 1 is 0.419 bits per heavy atom. The minimum atomic E-state index is 1.18. The van der Waals surface area contributed by atoms with Crippen molar-refractivity contribution in [3.8, 4) is 32.0 Å². The van der Waals surface area contributed by atoms with Crippen molar-refractivity contribution in [2.45, 2.75) is 0 Å². The van der Waals surface area contributed by atoms with Crippen molar-refractivity contribution >= 4 is 22.7 Å². The van der Waals surface area contributed by atoms with Crippen molar-refractivity contribution in [3.63, 3.8) is 0 Å². The van der Waals surface area contributed by atoms with Crippen LogP contribution in [0.25, 0.3) is 32.0 Å². The van der Waals surface area contributed by atoms with Crippen LogP contribution in [0.4, 0.5) is 11.4 Å². The molecule has 0 saturated carbocycles. The normalized spacial score (nSPS) is 10.7. The van der Waals surface area contributed by atoms with Crippen LogP contribution in [0.5, 0.6) is 0 Å². The first kappa shape index (κ1) is 19.3. The van der Waals surface area contributed by atoms with E-state index in [1.807, 2.05) is 17.4 Å². The number of hydrogen-bond acceptors (Lipinski definition) is 2. The zero-order valence-corrected chi connectivity index (χ0v) is 18.2. The fraction of sp³-hybridized carbons (Fsp3) is 0.0345. The lowest BCUT2D eigenvalue weighted by molar-refractivity contribution is 1.21. The van der Waals surface area contributed by atoms with Crippen LogP contribution < -0.4 is 4.90 Å². The highest BCUT2D eigenvalue weighted by atomic mass is 32.1. The van der Waals surface area contributed by atoms with Crippen LogP contribution in [0.3, 0.4) is 0 Å². The zero-order valence-electron chi connectivity index (χ0n) is 17.4. The smallest absolute Gasteiger partial charge is 0.0408 e. The molecular weight excluding hydrogens is 394 g/mol. The molecule has 4 aromatic carbocycles. The average Bonchev–Trinajstić information content (AvgIpc) is 3.35. The quantitative estimate of drug-likeness (QED) is 0.277. The molecule has 0 saturated heterocycles. The number of anilines is 2. The molecule has 150 valence electrons. The summed E-state index contributed by atoms with van der Waals surface area (Å²) in [6.07, 6.45) is 0. The van der Waals surface area contributed by atoms with E-state index < -0.39 is 0 Å². The Hall–Kier alpha value is -3.62. The Morgan fingerprint density at radius 2 is 0.806 bits per heavy atom. The van der Waals surface area contributed by atoms with Crippen LogP contribution in [0.1, 0.15) is 0 Å². The molecule has 0 N–H and O–H groups in total. The summed E-state index contributed by atoms with van der Waals surface area (Å²) in [5, 5.41) is 0. The number of benzene rings is 4. The fourth-order valence-electron chi connectivity index (χ4n) is 3.76. The van der Waals surface area contributed by atoms with Gasteiger partial charge in [-0.2, -0.15) is 0 Å². The van der Waals surface area contributed by atoms with Crippen LogP contribution in [0.15, 0.2) is 121 Å². The predicted octanol–water partition coefficient (Wildman–Crippen LogP) is 8.52. The molecule has 0 amide bonds. The molecule has 0 aliphatic heterocycles. The van der Waals surface area contributed by atoms with E-state index in [-0.39, 0.29) is 0 Å². The largest absolute Gasteiger partial charge is 0.345 e. The standard InChI is InChI=1S/C29H23NS/c1-30(26-16-12-23(13-17-26)22-8-4-2-5-9-22)27-18-14-25(15-19-27)29-21-20-28(31-29)24-10-6-3-7-11-24/h2-21H,1H3. The predicted molar refractivity (Wildman–Crippen MR) is 135 cm³/mol. The molecule has 5 aromatic rings. The summed E-state index contributed by atoms with van der Waals surface area (Å²) in [7, 11) is 2.12. The summed E-state index contributed by atoms with van der Waals surface area (Å²) < 4.78 is 0. The first-order valence-electron chi connectivity index (χ1n) is 10.4. The second-order valence-corrected chi connectivity index (χ2v) is 8.63. The van der Waals surface area contributed by atoms with Crippen LogP contribution in [-0.2, 0) is 0 Å². The van der Waals surface area contributed by atoms with Gasteiger partial charge >= 0.3 is 0 Å². The number of nitrogens with zero attached hydrogens (tertiary/aromatic N) is 1. The monoisotopic (exact) mass is 417 g/mol. The van der Waals surface area contributed by atoms with E-state index in [1.54, 1.807) is 0 Å². The van der Waals surface area contributed by atoms with Crippen LogP contribution in [0, 0.1) is 0 Å². The van der Waals surface area contributed by atoms with Crippen LogP contribution in [-0.4, -0.2) is 7.05 Å². The van der Waals surface area contributed by atoms with Gasteiger partial charge in [-0.1, -0.05) is 84.9 Å². The lowest BCUT2D eigenvalue weighted by Crippen LogP contribution is -2.08. The first-order valence-corrected chi connectivity index (χ1v) is 11.2. The highest BCUT2D eigenvalue weighted by Gasteiger charge is 2.08. The van der Waals surface area contributed by atoms with E-state index in [2.05, 4.69) is 127 Å². The van der Waals surface area contributed by atoms with E-state index in [4.69, 9.17) is 0 Å². The summed E-state index contributed by atoms with van der Waals surface area (Å²) in [4.78, 5) is 4.82. The molecule has 1 heterocycles. The van der Waals surface area contributed by atoms with Crippen molar-refractivity contribution in [1.82, 2.24) is 0 Å². The Labute approximate surface area is 187 Å². The maximum atomic E-state index is 2.22. The molecule has 2 heteroatoms. The fourth-order valence-corrected chi connectivity index (χ4v) is 4.77. The molecule has 0 atom stereocenters. The minimum absolute atomic E-state index is 1.18. The average molecular weight is 418 g/mol. The van der Waals surface area contributed by atoms with Crippen molar-refractivity contribution < 1.29 is 0 Å². The van der Waals surface area contributed by atoms with Crippen molar-refractivity contribution in [2.24, 2.45) is 0 Å². The summed E-state index contributed by atoms with van der Waals surface area (Å²) in [6, 6.07) is 43.0. The Bertz CT molecular complexity index is 1250. The van der Waals surface area contributed by atoms with E-state index in [0.717, 1.165) is 0 Å². The Balaban J connectivity index is 1.33. The van der Waals surface area contributed by atoms with Gasteiger partial charge in [-0.3, -0.25) is 0 Å². The third-order valence-electron chi connectivity index (χ3n) is 5.57. The van der Waals surface area contributed by atoms with Gasteiger partial charge in [-0.15, -0.1) is 11.3 Å². The van der Waals surface area contributed by atoms with Gasteiger partial charge in [0.05, 0.1) is 0 Å². The molecule has 0 aliphatic carbocycles. The Kier molecular flexibility index (Phi) is 5.39. The van der Waals surface area contributed by atoms with E-state index in [1.165, 1.54) is 43.4 Å². The van der Waals surface area contributed by atoms with Gasteiger partial charge in [-0.05, 0) is 58.7 Å². The van der Waals surface area contributed by atoms with Gasteiger partial charge < -0.3 is 4.90 Å². The van der Waals surface area contributed by atoms with Crippen molar-refractivity contribution in [1.29, 1.82) is 0 Å². The molecule has 1 aromatic heterocycles. The molecule has 0 aliphatic rings. The van der Waals surface area contributed by atoms with Gasteiger partial charge in [0.1, 0.15) is 0 Å². The number of rotatable bonds is 5. The molecule has 0 bridgehead atoms. The van der Waals surface area contributed by atoms with Crippen LogP contribution >= 0.6 is 11.3 Å². The molecule has 0 fully saturated rings. The molecule has 1 nitrogen and oxygen atoms in total. The SMILES string of the molecule is CN(c1ccc(-c2ccccc2)cc1)c1ccc(-c2ccc(-c3ccccc3)s2)cc1. The first-order chi connectivity index (χ1) is 15.3. The molecule has 0 unspecified atom stereocenters. The van der Waals surface area contributed by atoms with Crippen molar-refractivity contribution in [2.75, 3.05) is 11.9 Å². The van der Waals surface area contributed by atoms with Gasteiger partial charge in [0.15, 0.2) is 0 Å². The molecule has 31 heavy (non-hydrogen) atoms. The molecule has 5 rings (SSSR count). The third kappa shape index (κ3) is 4.16. The van der Waals surface area contributed by atoms with E-state index in [9.17, 15) is 0 Å². The molecule has 0 spiro atoms. The lowest BCUT2D eigenvalue weighted by atomic mass is 10.1. The van der Waals surface area contributed by atoms with E-state index >= 15 is 0 Å². The highest BCUT2D eigenvalue weighted by Crippen LogP contribution is 2.35. The molecule has 0 radical (unpaired) electrons. The highest BCUT2D eigenvalue weighted by molar-refractivity contribution is 7.18. The maximum Gasteiger partial charge on any atom is 0.0408 e. The summed E-state index contributed by atoms with van der Waals surface area (Å²) in [6.45, 7) is 0. The summed E-state index contributed by atoms with van der Waals surface area (Å²) in [5.41, 5.74) is 7.36. The topological polar surface area (TPSA) is 3.24 Å². The maximum absolute atomic E-state index is 2.22. The van der Waals surface area contributed by atoms with Gasteiger partial charge in [0.2, 0.25) is 0 Å². The van der Waals surface area contributed by atoms with E-state index in [0.29, 0.717) is 0 Å². The van der Waals surface area contributed by atoms with Gasteiger partial charge in [0, 0.05) is 28.2 Å². The van der Waals surface area contributed by atoms with Crippen LogP contribution in [0.2, 0.25) is 0 Å². The van der Waals surface area contributed by atoms with Gasteiger partial charge in [0.25, 0.3) is 0 Å². The third-order valence-corrected chi connectivity index (χ3v) is 6.75. The summed E-state index contributed by atoms with van der Waals surface area (Å²) in [5.74, 6) is 0. The second-order valence-electron chi connectivity index (χ2n) is 7.55. The zero-order chi connectivity index (χ0) is 21.0. The van der Waals surface area contributed by atoms with Gasteiger partial charge in [-0.25, -0.2) is 0 Å². The molecular formula is C29H23NS. The Morgan fingerprint density at radius 3 is 1.32 bits per heavy atom.